The number of methoxy groups -OCH3 is 1. The van der Waals surface area contributed by atoms with E-state index in [2.05, 4.69) is 12.1 Å². The van der Waals surface area contributed by atoms with Crippen molar-refractivity contribution >= 4 is 17.7 Å². The van der Waals surface area contributed by atoms with Crippen LogP contribution in [0.5, 0.6) is 11.5 Å². The Bertz CT molecular complexity index is 720. The van der Waals surface area contributed by atoms with Crippen LogP contribution in [-0.2, 0) is 11.2 Å². The molecule has 1 aliphatic heterocycles. The molecule has 0 N–H and O–H groups in total. The lowest BCUT2D eigenvalue weighted by molar-refractivity contribution is -0.135. The van der Waals surface area contributed by atoms with Gasteiger partial charge in [-0.25, -0.2) is 0 Å². The van der Waals surface area contributed by atoms with Crippen LogP contribution in [0, 0.1) is 5.92 Å². The zero-order valence-corrected chi connectivity index (χ0v) is 15.4. The molecule has 0 saturated carbocycles. The van der Waals surface area contributed by atoms with Crippen molar-refractivity contribution < 1.29 is 14.3 Å². The quantitative estimate of drug-likeness (QED) is 0.742. The fraction of sp³-hybridized carbons (Fsp3) is 0.350. The Hall–Kier alpha value is -2.14. The van der Waals surface area contributed by atoms with Gasteiger partial charge in [0.25, 0.3) is 0 Å². The summed E-state index contributed by atoms with van der Waals surface area (Å²) in [4.78, 5) is 15.8. The predicted octanol–water partition coefficient (Wildman–Crippen LogP) is 3.50. The Morgan fingerprint density at radius 3 is 2.84 bits per heavy atom. The summed E-state index contributed by atoms with van der Waals surface area (Å²) in [5.41, 5.74) is 1.04. The molecule has 0 fully saturated rings. The van der Waals surface area contributed by atoms with Crippen LogP contribution in [0.4, 0.5) is 0 Å². The van der Waals surface area contributed by atoms with Gasteiger partial charge in [-0.1, -0.05) is 18.2 Å². The predicted molar refractivity (Wildman–Crippen MR) is 100 cm³/mol. The molecule has 0 saturated heterocycles. The maximum Gasteiger partial charge on any atom is 0.229 e. The normalized spacial score (nSPS) is 15.8. The smallest absolute Gasteiger partial charge is 0.229 e. The maximum atomic E-state index is 12.7. The highest BCUT2D eigenvalue weighted by Gasteiger charge is 2.28. The number of ether oxygens (including phenoxy) is 2. The molecule has 0 aliphatic carbocycles. The van der Waals surface area contributed by atoms with Crippen molar-refractivity contribution in [3.63, 3.8) is 0 Å². The summed E-state index contributed by atoms with van der Waals surface area (Å²) in [6.45, 7) is 1.16. The summed E-state index contributed by atoms with van der Waals surface area (Å²) in [6, 6.07) is 16.0. The molecule has 0 spiro atoms. The third-order valence-electron chi connectivity index (χ3n) is 4.34. The Labute approximate surface area is 153 Å². The van der Waals surface area contributed by atoms with Gasteiger partial charge in [0.05, 0.1) is 13.0 Å². The number of fused-ring (bicyclic) bond motifs is 1. The number of carbonyl (C=O) groups is 1. The lowest BCUT2D eigenvalue weighted by atomic mass is 9.95. The second-order valence-electron chi connectivity index (χ2n) is 6.11. The van der Waals surface area contributed by atoms with Gasteiger partial charge in [0.1, 0.15) is 18.1 Å². The molecule has 0 radical (unpaired) electrons. The minimum Gasteiger partial charge on any atom is -0.497 e. The first kappa shape index (κ1) is 17.7. The first-order valence-electron chi connectivity index (χ1n) is 8.40. The summed E-state index contributed by atoms with van der Waals surface area (Å²) in [5, 5.41) is 0. The fourth-order valence-electron chi connectivity index (χ4n) is 2.90. The molecule has 3 rings (SSSR count). The van der Waals surface area contributed by atoms with Crippen LogP contribution in [0.25, 0.3) is 0 Å². The van der Waals surface area contributed by atoms with Crippen molar-refractivity contribution in [2.45, 2.75) is 11.3 Å². The van der Waals surface area contributed by atoms with Crippen LogP contribution in [0.1, 0.15) is 5.56 Å². The van der Waals surface area contributed by atoms with Crippen molar-refractivity contribution in [1.82, 2.24) is 4.90 Å². The molecular weight excluding hydrogens is 334 g/mol. The van der Waals surface area contributed by atoms with E-state index >= 15 is 0 Å². The van der Waals surface area contributed by atoms with Crippen molar-refractivity contribution in [3.8, 4) is 11.5 Å². The van der Waals surface area contributed by atoms with E-state index in [0.29, 0.717) is 13.0 Å². The third-order valence-corrected chi connectivity index (χ3v) is 5.33. The first-order chi connectivity index (χ1) is 12.2. The van der Waals surface area contributed by atoms with E-state index in [-0.39, 0.29) is 11.8 Å². The molecule has 132 valence electrons. The number of carbonyl (C=O) groups excluding carboxylic acids is 1. The Balaban J connectivity index is 1.53. The number of thioether (sulfide) groups is 1. The minimum absolute atomic E-state index is 0.133. The molecule has 25 heavy (non-hydrogen) atoms. The highest BCUT2D eigenvalue weighted by Crippen LogP contribution is 2.31. The highest BCUT2D eigenvalue weighted by molar-refractivity contribution is 7.99. The van der Waals surface area contributed by atoms with Crippen LogP contribution in [0.3, 0.4) is 0 Å². The van der Waals surface area contributed by atoms with Gasteiger partial charge in [-0.3, -0.25) is 4.79 Å². The summed E-state index contributed by atoms with van der Waals surface area (Å²) >= 11 is 1.76. The number of amides is 1. The van der Waals surface area contributed by atoms with Crippen molar-refractivity contribution in [2.24, 2.45) is 5.92 Å². The second kappa shape index (κ2) is 8.30. The molecule has 1 atom stereocenters. The van der Waals surface area contributed by atoms with Crippen LogP contribution in [0.15, 0.2) is 53.4 Å². The molecule has 1 amide bonds. The fourth-order valence-corrected chi connectivity index (χ4v) is 3.85. The molecule has 4 nitrogen and oxygen atoms in total. The maximum absolute atomic E-state index is 12.7. The van der Waals surface area contributed by atoms with E-state index in [9.17, 15) is 4.79 Å². The zero-order chi connectivity index (χ0) is 17.6. The third kappa shape index (κ3) is 4.48. The zero-order valence-electron chi connectivity index (χ0n) is 14.6. The summed E-state index contributed by atoms with van der Waals surface area (Å²) in [5.74, 6) is 2.54. The summed E-state index contributed by atoms with van der Waals surface area (Å²) < 4.78 is 11.0. The molecule has 1 heterocycles. The van der Waals surface area contributed by atoms with Gasteiger partial charge in [0.2, 0.25) is 5.91 Å². The highest BCUT2D eigenvalue weighted by atomic mass is 32.2. The SMILES string of the molecule is COc1ccc2c(c1)CC(C(=O)N(C)CCSc1ccccc1)CO2. The lowest BCUT2D eigenvalue weighted by Crippen LogP contribution is -2.39. The van der Waals surface area contributed by atoms with Gasteiger partial charge < -0.3 is 14.4 Å². The average Bonchev–Trinajstić information content (AvgIpc) is 2.67. The van der Waals surface area contributed by atoms with Crippen LogP contribution in [-0.4, -0.2) is 43.9 Å². The number of benzene rings is 2. The number of nitrogens with zero attached hydrogens (tertiary/aromatic N) is 1. The topological polar surface area (TPSA) is 38.8 Å². The van der Waals surface area contributed by atoms with Crippen molar-refractivity contribution in [1.29, 1.82) is 0 Å². The standard InChI is InChI=1S/C20H23NO3S/c1-21(10-11-25-18-6-4-3-5-7-18)20(22)16-12-15-13-17(23-2)8-9-19(15)24-14-16/h3-9,13,16H,10-12,14H2,1-2H3. The summed E-state index contributed by atoms with van der Waals surface area (Å²) in [6.07, 6.45) is 0.696. The number of hydrogen-bond acceptors (Lipinski definition) is 4. The Morgan fingerprint density at radius 1 is 1.28 bits per heavy atom. The van der Waals surface area contributed by atoms with Gasteiger partial charge in [0, 0.05) is 24.2 Å². The van der Waals surface area contributed by atoms with Crippen molar-refractivity contribution in [3.05, 3.63) is 54.1 Å². The summed E-state index contributed by atoms with van der Waals surface area (Å²) in [7, 11) is 3.52. The molecule has 1 aliphatic rings. The van der Waals surface area contributed by atoms with E-state index in [1.54, 1.807) is 18.9 Å². The van der Waals surface area contributed by atoms with Gasteiger partial charge in [-0.15, -0.1) is 11.8 Å². The molecular formula is C20H23NO3S. The Morgan fingerprint density at radius 2 is 2.08 bits per heavy atom. The van der Waals surface area contributed by atoms with E-state index in [4.69, 9.17) is 9.47 Å². The molecule has 2 aromatic carbocycles. The Kier molecular flexibility index (Phi) is 5.87. The van der Waals surface area contributed by atoms with Crippen LogP contribution >= 0.6 is 11.8 Å². The van der Waals surface area contributed by atoms with Gasteiger partial charge in [-0.2, -0.15) is 0 Å². The van der Waals surface area contributed by atoms with Gasteiger partial charge in [0.15, 0.2) is 0 Å². The second-order valence-corrected chi connectivity index (χ2v) is 7.28. The molecule has 0 aromatic heterocycles. The molecule has 5 heteroatoms. The molecule has 0 bridgehead atoms. The first-order valence-corrected chi connectivity index (χ1v) is 9.38. The van der Waals surface area contributed by atoms with E-state index in [0.717, 1.165) is 29.4 Å². The van der Waals surface area contributed by atoms with Gasteiger partial charge >= 0.3 is 0 Å². The van der Waals surface area contributed by atoms with E-state index in [1.165, 1.54) is 4.90 Å². The van der Waals surface area contributed by atoms with Crippen LogP contribution < -0.4 is 9.47 Å². The largest absolute Gasteiger partial charge is 0.497 e. The lowest BCUT2D eigenvalue weighted by Gasteiger charge is -2.28. The number of hydrogen-bond donors (Lipinski definition) is 0. The average molecular weight is 357 g/mol. The van der Waals surface area contributed by atoms with Gasteiger partial charge in [-0.05, 0) is 42.3 Å². The van der Waals surface area contributed by atoms with Crippen LogP contribution in [0.2, 0.25) is 0 Å². The molecule has 1 unspecified atom stereocenters. The molecule has 2 aromatic rings. The monoisotopic (exact) mass is 357 g/mol. The van der Waals surface area contributed by atoms with E-state index in [1.807, 2.05) is 48.3 Å². The minimum atomic E-state index is -0.133. The van der Waals surface area contributed by atoms with E-state index < -0.39 is 0 Å². The van der Waals surface area contributed by atoms with Crippen molar-refractivity contribution in [2.75, 3.05) is 33.1 Å². The number of rotatable bonds is 6.